The Bertz CT molecular complexity index is 390. The molecule has 2 amide bonds. The number of amides is 2. The second-order valence-corrected chi connectivity index (χ2v) is 4.17. The molecule has 0 saturated carbocycles. The standard InChI is InChI=1S/C12H16N2O2/c1-8(2)13-12(15)14-10-7-16-11-6-4-3-5-9(10)11/h3-6,8,10H,7H2,1-2H3,(H2,13,14,15). The molecule has 0 spiro atoms. The number of para-hydroxylation sites is 1. The molecule has 1 unspecified atom stereocenters. The number of hydrogen-bond donors (Lipinski definition) is 2. The Labute approximate surface area is 95.0 Å². The molecule has 1 aromatic carbocycles. The topological polar surface area (TPSA) is 50.4 Å². The fraction of sp³-hybridized carbons (Fsp3) is 0.417. The average Bonchev–Trinajstić information content (AvgIpc) is 2.61. The van der Waals surface area contributed by atoms with Crippen LogP contribution in [-0.4, -0.2) is 18.7 Å². The molecule has 0 saturated heterocycles. The summed E-state index contributed by atoms with van der Waals surface area (Å²) in [6.07, 6.45) is 0. The van der Waals surface area contributed by atoms with Gasteiger partial charge in [0.25, 0.3) is 0 Å². The summed E-state index contributed by atoms with van der Waals surface area (Å²) in [6, 6.07) is 7.70. The minimum atomic E-state index is -0.152. The van der Waals surface area contributed by atoms with Gasteiger partial charge in [0.1, 0.15) is 12.4 Å². The van der Waals surface area contributed by atoms with Crippen LogP contribution in [0.15, 0.2) is 24.3 Å². The molecule has 1 atom stereocenters. The number of fused-ring (bicyclic) bond motifs is 1. The quantitative estimate of drug-likeness (QED) is 0.798. The number of rotatable bonds is 2. The van der Waals surface area contributed by atoms with E-state index < -0.39 is 0 Å². The van der Waals surface area contributed by atoms with Gasteiger partial charge in [0.15, 0.2) is 0 Å². The second-order valence-electron chi connectivity index (χ2n) is 4.17. The normalized spacial score (nSPS) is 17.8. The second kappa shape index (κ2) is 4.43. The SMILES string of the molecule is CC(C)NC(=O)NC1COc2ccccc21. The van der Waals surface area contributed by atoms with Crippen LogP contribution < -0.4 is 15.4 Å². The Hall–Kier alpha value is -1.71. The van der Waals surface area contributed by atoms with Gasteiger partial charge >= 0.3 is 6.03 Å². The molecule has 0 bridgehead atoms. The van der Waals surface area contributed by atoms with Crippen LogP contribution in [0.5, 0.6) is 5.75 Å². The summed E-state index contributed by atoms with van der Waals surface area (Å²) < 4.78 is 5.47. The van der Waals surface area contributed by atoms with E-state index in [2.05, 4.69) is 10.6 Å². The predicted molar refractivity (Wildman–Crippen MR) is 61.5 cm³/mol. The maximum absolute atomic E-state index is 11.5. The van der Waals surface area contributed by atoms with Gasteiger partial charge < -0.3 is 15.4 Å². The van der Waals surface area contributed by atoms with Crippen LogP contribution in [0.1, 0.15) is 25.5 Å². The van der Waals surface area contributed by atoms with Crippen molar-refractivity contribution in [3.05, 3.63) is 29.8 Å². The van der Waals surface area contributed by atoms with Crippen LogP contribution in [0, 0.1) is 0 Å². The highest BCUT2D eigenvalue weighted by Crippen LogP contribution is 2.31. The first kappa shape index (κ1) is 10.8. The van der Waals surface area contributed by atoms with E-state index in [0.29, 0.717) is 6.61 Å². The molecular weight excluding hydrogens is 204 g/mol. The highest BCUT2D eigenvalue weighted by molar-refractivity contribution is 5.75. The van der Waals surface area contributed by atoms with E-state index in [-0.39, 0.29) is 18.1 Å². The van der Waals surface area contributed by atoms with E-state index in [4.69, 9.17) is 4.74 Å². The van der Waals surface area contributed by atoms with Gasteiger partial charge in [-0.05, 0) is 19.9 Å². The third kappa shape index (κ3) is 2.27. The first-order chi connectivity index (χ1) is 7.66. The first-order valence-electron chi connectivity index (χ1n) is 5.45. The van der Waals surface area contributed by atoms with Gasteiger partial charge in [0.2, 0.25) is 0 Å². The number of hydrogen-bond acceptors (Lipinski definition) is 2. The van der Waals surface area contributed by atoms with Crippen molar-refractivity contribution in [2.45, 2.75) is 25.9 Å². The molecule has 1 aliphatic rings. The van der Waals surface area contributed by atoms with Crippen LogP contribution in [0.25, 0.3) is 0 Å². The summed E-state index contributed by atoms with van der Waals surface area (Å²) >= 11 is 0. The predicted octanol–water partition coefficient (Wildman–Crippen LogP) is 1.83. The molecule has 2 N–H and O–H groups in total. The molecule has 0 aromatic heterocycles. The molecule has 1 aromatic rings. The molecule has 1 aliphatic heterocycles. The van der Waals surface area contributed by atoms with Crippen LogP contribution in [-0.2, 0) is 0 Å². The molecule has 4 heteroatoms. The van der Waals surface area contributed by atoms with E-state index in [0.717, 1.165) is 11.3 Å². The van der Waals surface area contributed by atoms with Crippen LogP contribution >= 0.6 is 0 Å². The van der Waals surface area contributed by atoms with Crippen molar-refractivity contribution in [3.8, 4) is 5.75 Å². The zero-order valence-electron chi connectivity index (χ0n) is 9.49. The number of ether oxygens (including phenoxy) is 1. The minimum absolute atomic E-state index is 0.0463. The molecule has 4 nitrogen and oxygen atoms in total. The lowest BCUT2D eigenvalue weighted by Crippen LogP contribution is -2.41. The van der Waals surface area contributed by atoms with Gasteiger partial charge in [0, 0.05) is 11.6 Å². The lowest BCUT2D eigenvalue weighted by molar-refractivity contribution is 0.230. The fourth-order valence-corrected chi connectivity index (χ4v) is 1.74. The van der Waals surface area contributed by atoms with Gasteiger partial charge in [0.05, 0.1) is 6.04 Å². The minimum Gasteiger partial charge on any atom is -0.491 e. The molecule has 0 aliphatic carbocycles. The monoisotopic (exact) mass is 220 g/mol. The average molecular weight is 220 g/mol. The van der Waals surface area contributed by atoms with Crippen molar-refractivity contribution < 1.29 is 9.53 Å². The van der Waals surface area contributed by atoms with E-state index >= 15 is 0 Å². The Kier molecular flexibility index (Phi) is 2.99. The van der Waals surface area contributed by atoms with Gasteiger partial charge in [-0.2, -0.15) is 0 Å². The summed E-state index contributed by atoms with van der Waals surface area (Å²) in [5.41, 5.74) is 1.04. The zero-order valence-corrected chi connectivity index (χ0v) is 9.49. The number of benzene rings is 1. The maximum Gasteiger partial charge on any atom is 0.315 e. The van der Waals surface area contributed by atoms with Gasteiger partial charge in [-0.25, -0.2) is 4.79 Å². The summed E-state index contributed by atoms with van der Waals surface area (Å²) in [7, 11) is 0. The van der Waals surface area contributed by atoms with Gasteiger partial charge in [-0.1, -0.05) is 18.2 Å². The Morgan fingerprint density at radius 1 is 1.44 bits per heavy atom. The maximum atomic E-state index is 11.5. The van der Waals surface area contributed by atoms with Crippen molar-refractivity contribution in [2.75, 3.05) is 6.61 Å². The third-order valence-corrected chi connectivity index (χ3v) is 2.43. The summed E-state index contributed by atoms with van der Waals surface area (Å²) in [6.45, 7) is 4.36. The summed E-state index contributed by atoms with van der Waals surface area (Å²) in [5.74, 6) is 0.859. The van der Waals surface area contributed by atoms with E-state index in [1.54, 1.807) is 0 Å². The molecule has 0 fully saturated rings. The number of carbonyl (C=O) groups excluding carboxylic acids is 1. The van der Waals surface area contributed by atoms with Crippen molar-refractivity contribution in [1.82, 2.24) is 10.6 Å². The lowest BCUT2D eigenvalue weighted by Gasteiger charge is -2.14. The smallest absolute Gasteiger partial charge is 0.315 e. The van der Waals surface area contributed by atoms with Crippen LogP contribution in [0.2, 0.25) is 0 Å². The molecular formula is C12H16N2O2. The fourth-order valence-electron chi connectivity index (χ4n) is 1.74. The van der Waals surface area contributed by atoms with Crippen LogP contribution in [0.4, 0.5) is 4.79 Å². The van der Waals surface area contributed by atoms with Gasteiger partial charge in [-0.3, -0.25) is 0 Å². The first-order valence-corrected chi connectivity index (χ1v) is 5.45. The zero-order chi connectivity index (χ0) is 11.5. The Morgan fingerprint density at radius 3 is 2.94 bits per heavy atom. The van der Waals surface area contributed by atoms with E-state index in [1.165, 1.54) is 0 Å². The van der Waals surface area contributed by atoms with Crippen molar-refractivity contribution >= 4 is 6.03 Å². The van der Waals surface area contributed by atoms with Gasteiger partial charge in [-0.15, -0.1) is 0 Å². The molecule has 1 heterocycles. The molecule has 2 rings (SSSR count). The number of urea groups is 1. The molecule has 0 radical (unpaired) electrons. The third-order valence-electron chi connectivity index (χ3n) is 2.43. The molecule has 86 valence electrons. The molecule has 16 heavy (non-hydrogen) atoms. The highest BCUT2D eigenvalue weighted by atomic mass is 16.5. The van der Waals surface area contributed by atoms with Crippen molar-refractivity contribution in [1.29, 1.82) is 0 Å². The van der Waals surface area contributed by atoms with Crippen LogP contribution in [0.3, 0.4) is 0 Å². The number of nitrogens with one attached hydrogen (secondary N) is 2. The van der Waals surface area contributed by atoms with Crippen molar-refractivity contribution in [2.24, 2.45) is 0 Å². The van der Waals surface area contributed by atoms with E-state index in [1.807, 2.05) is 38.1 Å². The largest absolute Gasteiger partial charge is 0.491 e. The number of carbonyl (C=O) groups is 1. The van der Waals surface area contributed by atoms with E-state index in [9.17, 15) is 4.79 Å². The lowest BCUT2D eigenvalue weighted by atomic mass is 10.1. The van der Waals surface area contributed by atoms with Crippen molar-refractivity contribution in [3.63, 3.8) is 0 Å². The Balaban J connectivity index is 2.00. The Morgan fingerprint density at radius 2 is 2.19 bits per heavy atom. The highest BCUT2D eigenvalue weighted by Gasteiger charge is 2.24. The summed E-state index contributed by atoms with van der Waals surface area (Å²) in [5, 5.41) is 5.69. The summed E-state index contributed by atoms with van der Waals surface area (Å²) in [4.78, 5) is 11.5.